The molecule has 32 heavy (non-hydrogen) atoms. The Morgan fingerprint density at radius 1 is 1.00 bits per heavy atom. The first-order valence-corrected chi connectivity index (χ1v) is 11.6. The Balaban J connectivity index is 1.44. The molecule has 0 saturated carbocycles. The average molecular weight is 442 g/mol. The van der Waals surface area contributed by atoms with Crippen LogP contribution in [0.5, 0.6) is 0 Å². The third kappa shape index (κ3) is 4.03. The Morgan fingerprint density at radius 3 is 2.59 bits per heavy atom. The molecule has 4 aromatic rings. The van der Waals surface area contributed by atoms with E-state index in [4.69, 9.17) is 0 Å². The Bertz CT molecular complexity index is 1240. The van der Waals surface area contributed by atoms with Crippen LogP contribution >= 0.6 is 11.8 Å². The molecule has 2 aromatic heterocycles. The van der Waals surface area contributed by atoms with Gasteiger partial charge in [-0.05, 0) is 55.7 Å². The summed E-state index contributed by atoms with van der Waals surface area (Å²) in [6.07, 6.45) is 5.49. The highest BCUT2D eigenvalue weighted by molar-refractivity contribution is 7.99. The predicted octanol–water partition coefficient (Wildman–Crippen LogP) is 4.71. The van der Waals surface area contributed by atoms with Crippen molar-refractivity contribution >= 4 is 23.4 Å². The lowest BCUT2D eigenvalue weighted by atomic mass is 10.0. The van der Waals surface area contributed by atoms with Gasteiger partial charge in [0.05, 0.1) is 5.75 Å². The van der Waals surface area contributed by atoms with E-state index in [1.54, 1.807) is 12.4 Å². The molecule has 1 aliphatic rings. The zero-order valence-electron chi connectivity index (χ0n) is 17.8. The highest BCUT2D eigenvalue weighted by atomic mass is 32.2. The number of aryl methyl sites for hydroxylation is 2. The highest BCUT2D eigenvalue weighted by Crippen LogP contribution is 2.30. The number of thioether (sulfide) groups is 1. The number of pyridine rings is 1. The number of benzene rings is 2. The third-order valence-electron chi connectivity index (χ3n) is 5.60. The number of para-hydroxylation sites is 1. The summed E-state index contributed by atoms with van der Waals surface area (Å²) in [5, 5.41) is 9.58. The molecular weight excluding hydrogens is 418 g/mol. The van der Waals surface area contributed by atoms with Crippen molar-refractivity contribution in [1.29, 1.82) is 0 Å². The second-order valence-electron chi connectivity index (χ2n) is 7.78. The lowest BCUT2D eigenvalue weighted by Crippen LogP contribution is -2.36. The van der Waals surface area contributed by atoms with Crippen molar-refractivity contribution in [3.63, 3.8) is 0 Å². The van der Waals surface area contributed by atoms with Crippen LogP contribution in [0.15, 0.2) is 78.2 Å². The molecule has 0 atom stereocenters. The SMILES string of the molecule is Cc1ccc(-n2c(SCC(=O)N3CCCc4ccccc43)nnc2-c2ccncc2)cc1. The van der Waals surface area contributed by atoms with E-state index in [1.165, 1.54) is 22.9 Å². The summed E-state index contributed by atoms with van der Waals surface area (Å²) >= 11 is 1.42. The molecule has 0 spiro atoms. The summed E-state index contributed by atoms with van der Waals surface area (Å²) in [4.78, 5) is 19.2. The average Bonchev–Trinajstić information content (AvgIpc) is 3.27. The van der Waals surface area contributed by atoms with Crippen LogP contribution in [-0.4, -0.2) is 38.0 Å². The molecule has 1 amide bonds. The van der Waals surface area contributed by atoms with E-state index in [-0.39, 0.29) is 5.91 Å². The molecule has 7 heteroatoms. The van der Waals surface area contributed by atoms with Gasteiger partial charge >= 0.3 is 0 Å². The maximum Gasteiger partial charge on any atom is 0.237 e. The zero-order chi connectivity index (χ0) is 21.9. The lowest BCUT2D eigenvalue weighted by Gasteiger charge is -2.29. The molecule has 0 radical (unpaired) electrons. The molecule has 160 valence electrons. The fourth-order valence-electron chi connectivity index (χ4n) is 3.97. The summed E-state index contributed by atoms with van der Waals surface area (Å²) in [5.74, 6) is 1.12. The van der Waals surface area contributed by atoms with Gasteiger partial charge in [-0.2, -0.15) is 0 Å². The summed E-state index contributed by atoms with van der Waals surface area (Å²) in [6, 6.07) is 20.2. The first kappa shape index (κ1) is 20.5. The van der Waals surface area contributed by atoms with Gasteiger partial charge in [0.1, 0.15) is 0 Å². The molecule has 0 fully saturated rings. The normalized spacial score (nSPS) is 13.1. The fourth-order valence-corrected chi connectivity index (χ4v) is 4.80. The fraction of sp³-hybridized carbons (Fsp3) is 0.200. The van der Waals surface area contributed by atoms with Crippen molar-refractivity contribution in [2.45, 2.75) is 24.9 Å². The molecule has 2 aromatic carbocycles. The Kier molecular flexibility index (Phi) is 5.73. The molecule has 0 bridgehead atoms. The number of rotatable bonds is 5. The number of amides is 1. The van der Waals surface area contributed by atoms with Gasteiger partial charge in [-0.25, -0.2) is 0 Å². The number of hydrogen-bond donors (Lipinski definition) is 0. The van der Waals surface area contributed by atoms with Gasteiger partial charge in [0.15, 0.2) is 11.0 Å². The van der Waals surface area contributed by atoms with E-state index < -0.39 is 0 Å². The minimum absolute atomic E-state index is 0.0890. The number of nitrogens with zero attached hydrogens (tertiary/aromatic N) is 5. The van der Waals surface area contributed by atoms with E-state index >= 15 is 0 Å². The van der Waals surface area contributed by atoms with Crippen LogP contribution in [-0.2, 0) is 11.2 Å². The number of carbonyl (C=O) groups is 1. The molecular formula is C25H23N5OS. The molecule has 0 aliphatic carbocycles. The second-order valence-corrected chi connectivity index (χ2v) is 8.72. The predicted molar refractivity (Wildman–Crippen MR) is 127 cm³/mol. The van der Waals surface area contributed by atoms with Crippen molar-refractivity contribution in [2.75, 3.05) is 17.2 Å². The number of aromatic nitrogens is 4. The second kappa shape index (κ2) is 8.96. The molecule has 0 N–H and O–H groups in total. The topological polar surface area (TPSA) is 63.9 Å². The third-order valence-corrected chi connectivity index (χ3v) is 6.51. The minimum Gasteiger partial charge on any atom is -0.311 e. The van der Waals surface area contributed by atoms with E-state index in [9.17, 15) is 4.79 Å². The Labute approximate surface area is 191 Å². The Morgan fingerprint density at radius 2 is 1.78 bits per heavy atom. The van der Waals surface area contributed by atoms with Gasteiger partial charge in [0, 0.05) is 35.9 Å². The Hall–Kier alpha value is -3.45. The van der Waals surface area contributed by atoms with Gasteiger partial charge in [-0.1, -0.05) is 47.7 Å². The van der Waals surface area contributed by atoms with Gasteiger partial charge in [-0.3, -0.25) is 14.3 Å². The van der Waals surface area contributed by atoms with Crippen LogP contribution in [0.2, 0.25) is 0 Å². The van der Waals surface area contributed by atoms with Crippen LogP contribution in [0, 0.1) is 6.92 Å². The monoisotopic (exact) mass is 441 g/mol. The molecule has 1 aliphatic heterocycles. The highest BCUT2D eigenvalue weighted by Gasteiger charge is 2.24. The number of carbonyl (C=O) groups excluding carboxylic acids is 1. The molecule has 6 nitrogen and oxygen atoms in total. The number of fused-ring (bicyclic) bond motifs is 1. The summed E-state index contributed by atoms with van der Waals surface area (Å²) in [7, 11) is 0. The molecule has 5 rings (SSSR count). The van der Waals surface area contributed by atoms with Gasteiger partial charge in [0.25, 0.3) is 0 Å². The van der Waals surface area contributed by atoms with Crippen LogP contribution in [0.25, 0.3) is 17.1 Å². The van der Waals surface area contributed by atoms with Crippen LogP contribution in [0.1, 0.15) is 17.5 Å². The standard InChI is InChI=1S/C25H23N5OS/c1-18-8-10-21(11-9-18)30-24(20-12-14-26-15-13-20)27-28-25(30)32-17-23(31)29-16-4-6-19-5-2-3-7-22(19)29/h2-3,5,7-15H,4,6,16-17H2,1H3. The first-order valence-electron chi connectivity index (χ1n) is 10.6. The summed E-state index contributed by atoms with van der Waals surface area (Å²) < 4.78 is 2.01. The van der Waals surface area contributed by atoms with Gasteiger partial charge in [-0.15, -0.1) is 10.2 Å². The van der Waals surface area contributed by atoms with E-state index in [0.29, 0.717) is 10.9 Å². The molecule has 0 saturated heterocycles. The number of hydrogen-bond acceptors (Lipinski definition) is 5. The molecule has 0 unspecified atom stereocenters. The minimum atomic E-state index is 0.0890. The van der Waals surface area contributed by atoms with E-state index in [0.717, 1.165) is 42.1 Å². The first-order chi connectivity index (χ1) is 15.7. The smallest absolute Gasteiger partial charge is 0.237 e. The van der Waals surface area contributed by atoms with Gasteiger partial charge < -0.3 is 4.90 Å². The van der Waals surface area contributed by atoms with Crippen molar-refractivity contribution in [3.8, 4) is 17.1 Å². The van der Waals surface area contributed by atoms with Crippen molar-refractivity contribution in [2.24, 2.45) is 0 Å². The maximum atomic E-state index is 13.1. The van der Waals surface area contributed by atoms with Crippen molar-refractivity contribution in [3.05, 3.63) is 84.2 Å². The molecule has 3 heterocycles. The zero-order valence-corrected chi connectivity index (χ0v) is 18.6. The summed E-state index contributed by atoms with van der Waals surface area (Å²) in [5.41, 5.74) is 5.34. The van der Waals surface area contributed by atoms with Crippen molar-refractivity contribution in [1.82, 2.24) is 19.7 Å². The quantitative estimate of drug-likeness (QED) is 0.420. The van der Waals surface area contributed by atoms with E-state index in [1.807, 2.05) is 39.8 Å². The van der Waals surface area contributed by atoms with Gasteiger partial charge in [0.2, 0.25) is 5.91 Å². The lowest BCUT2D eigenvalue weighted by molar-refractivity contribution is -0.116. The number of anilines is 1. The van der Waals surface area contributed by atoms with Crippen LogP contribution < -0.4 is 4.90 Å². The van der Waals surface area contributed by atoms with Crippen molar-refractivity contribution < 1.29 is 4.79 Å². The van der Waals surface area contributed by atoms with E-state index in [2.05, 4.69) is 52.4 Å². The maximum absolute atomic E-state index is 13.1. The van der Waals surface area contributed by atoms with Crippen LogP contribution in [0.3, 0.4) is 0 Å². The summed E-state index contributed by atoms with van der Waals surface area (Å²) in [6.45, 7) is 2.81. The van der Waals surface area contributed by atoms with Crippen LogP contribution in [0.4, 0.5) is 5.69 Å². The largest absolute Gasteiger partial charge is 0.311 e.